The quantitative estimate of drug-likeness (QED) is 0.544. The number of likely N-dealkylation sites (tertiary alicyclic amines) is 1. The Morgan fingerprint density at radius 2 is 2.20 bits per heavy atom. The normalized spacial score (nSPS) is 33.5. The van der Waals surface area contributed by atoms with Gasteiger partial charge in [0.05, 0.1) is 0 Å². The van der Waals surface area contributed by atoms with Gasteiger partial charge in [-0.15, -0.1) is 0 Å². The molecule has 0 aromatic carbocycles. The van der Waals surface area contributed by atoms with E-state index in [0.717, 1.165) is 6.54 Å². The van der Waals surface area contributed by atoms with E-state index in [9.17, 15) is 4.79 Å². The molecule has 0 spiro atoms. The Morgan fingerprint density at radius 3 is 2.60 bits per heavy atom. The first-order valence-electron chi connectivity index (χ1n) is 3.82. The van der Waals surface area contributed by atoms with Gasteiger partial charge in [-0.3, -0.25) is 4.79 Å². The predicted octanol–water partition coefficient (Wildman–Crippen LogP) is -0.292. The van der Waals surface area contributed by atoms with Crippen LogP contribution in [-0.4, -0.2) is 29.4 Å². The van der Waals surface area contributed by atoms with Crippen LogP contribution in [0.4, 0.5) is 0 Å². The first-order valence-corrected chi connectivity index (χ1v) is 3.82. The zero-order valence-electron chi connectivity index (χ0n) is 5.92. The highest BCUT2D eigenvalue weighted by atomic mass is 16.2. The van der Waals surface area contributed by atoms with Crippen molar-refractivity contribution in [1.82, 2.24) is 4.90 Å². The fourth-order valence-corrected chi connectivity index (χ4v) is 1.50. The van der Waals surface area contributed by atoms with Crippen molar-refractivity contribution in [2.45, 2.75) is 31.3 Å². The monoisotopic (exact) mass is 140 g/mol. The molecule has 1 aliphatic carbocycles. The number of rotatable bonds is 1. The van der Waals surface area contributed by atoms with Gasteiger partial charge >= 0.3 is 0 Å². The summed E-state index contributed by atoms with van der Waals surface area (Å²) in [6.07, 6.45) is 2.95. The summed E-state index contributed by atoms with van der Waals surface area (Å²) in [5.41, 5.74) is 5.62. The summed E-state index contributed by atoms with van der Waals surface area (Å²) < 4.78 is 0. The fraction of sp³-hybridized carbons (Fsp3) is 0.857. The summed E-state index contributed by atoms with van der Waals surface area (Å²) >= 11 is 0. The van der Waals surface area contributed by atoms with E-state index in [4.69, 9.17) is 5.73 Å². The zero-order valence-corrected chi connectivity index (χ0v) is 5.92. The van der Waals surface area contributed by atoms with Crippen LogP contribution >= 0.6 is 0 Å². The van der Waals surface area contributed by atoms with Crippen molar-refractivity contribution in [2.24, 2.45) is 5.73 Å². The molecule has 0 radical (unpaired) electrons. The first kappa shape index (κ1) is 6.16. The lowest BCUT2D eigenvalue weighted by Gasteiger charge is -2.13. The SMILES string of the molecule is N[C@@H]1CC(=O)N(C2CC2)C1. The molecule has 3 heteroatoms. The van der Waals surface area contributed by atoms with E-state index >= 15 is 0 Å². The maximum absolute atomic E-state index is 11.1. The third-order valence-electron chi connectivity index (χ3n) is 2.18. The van der Waals surface area contributed by atoms with E-state index in [0.29, 0.717) is 12.5 Å². The third kappa shape index (κ3) is 0.904. The van der Waals surface area contributed by atoms with Gasteiger partial charge in [0.15, 0.2) is 0 Å². The molecular weight excluding hydrogens is 128 g/mol. The molecule has 2 aliphatic rings. The number of carbonyl (C=O) groups is 1. The smallest absolute Gasteiger partial charge is 0.224 e. The minimum atomic E-state index is 0.105. The average Bonchev–Trinajstić information content (AvgIpc) is 2.61. The predicted molar refractivity (Wildman–Crippen MR) is 37.3 cm³/mol. The standard InChI is InChI=1S/C7H12N2O/c8-5-3-7(10)9(4-5)6-1-2-6/h5-6H,1-4,8H2/t5-/m1/s1. The summed E-state index contributed by atoms with van der Waals surface area (Å²) in [6, 6.07) is 0.661. The molecular formula is C7H12N2O. The number of amides is 1. The molecule has 0 unspecified atom stereocenters. The molecule has 2 fully saturated rings. The Labute approximate surface area is 60.2 Å². The van der Waals surface area contributed by atoms with Crippen molar-refractivity contribution in [2.75, 3.05) is 6.54 Å². The van der Waals surface area contributed by atoms with E-state index in [-0.39, 0.29) is 11.9 Å². The Morgan fingerprint density at radius 1 is 1.50 bits per heavy atom. The second kappa shape index (κ2) is 1.95. The van der Waals surface area contributed by atoms with Gasteiger partial charge in [0.1, 0.15) is 0 Å². The number of carbonyl (C=O) groups excluding carboxylic acids is 1. The first-order chi connectivity index (χ1) is 4.77. The Bertz CT molecular complexity index is 165. The van der Waals surface area contributed by atoms with Crippen molar-refractivity contribution in [3.05, 3.63) is 0 Å². The number of nitrogens with zero attached hydrogens (tertiary/aromatic N) is 1. The molecule has 0 aromatic heterocycles. The summed E-state index contributed by atoms with van der Waals surface area (Å²) in [6.45, 7) is 0.795. The van der Waals surface area contributed by atoms with Gasteiger partial charge in [0, 0.05) is 25.0 Å². The lowest BCUT2D eigenvalue weighted by molar-refractivity contribution is -0.128. The van der Waals surface area contributed by atoms with E-state index < -0.39 is 0 Å². The molecule has 3 nitrogen and oxygen atoms in total. The third-order valence-corrected chi connectivity index (χ3v) is 2.18. The lowest BCUT2D eigenvalue weighted by atomic mass is 10.3. The summed E-state index contributed by atoms with van der Waals surface area (Å²) in [5.74, 6) is 0.259. The molecule has 1 saturated heterocycles. The zero-order chi connectivity index (χ0) is 7.14. The summed E-state index contributed by atoms with van der Waals surface area (Å²) in [4.78, 5) is 13.0. The van der Waals surface area contributed by atoms with Crippen LogP contribution in [0.25, 0.3) is 0 Å². The topological polar surface area (TPSA) is 46.3 Å². The number of hydrogen-bond donors (Lipinski definition) is 1. The Balaban J connectivity index is 2.01. The highest BCUT2D eigenvalue weighted by molar-refractivity contribution is 5.79. The second-order valence-corrected chi connectivity index (χ2v) is 3.24. The van der Waals surface area contributed by atoms with E-state index in [1.165, 1.54) is 12.8 Å². The van der Waals surface area contributed by atoms with Crippen LogP contribution in [0.1, 0.15) is 19.3 Å². The van der Waals surface area contributed by atoms with Crippen LogP contribution in [0, 0.1) is 0 Å². The van der Waals surface area contributed by atoms with E-state index in [2.05, 4.69) is 0 Å². The Kier molecular flexibility index (Phi) is 1.20. The fourth-order valence-electron chi connectivity index (χ4n) is 1.50. The van der Waals surface area contributed by atoms with Crippen molar-refractivity contribution in [3.63, 3.8) is 0 Å². The van der Waals surface area contributed by atoms with Crippen molar-refractivity contribution < 1.29 is 4.79 Å². The second-order valence-electron chi connectivity index (χ2n) is 3.24. The van der Waals surface area contributed by atoms with Crippen LogP contribution in [0.5, 0.6) is 0 Å². The molecule has 2 rings (SSSR count). The molecule has 1 saturated carbocycles. The maximum Gasteiger partial charge on any atom is 0.224 e. The molecule has 2 N–H and O–H groups in total. The molecule has 1 atom stereocenters. The van der Waals surface area contributed by atoms with Gasteiger partial charge in [-0.2, -0.15) is 0 Å². The van der Waals surface area contributed by atoms with Crippen molar-refractivity contribution in [3.8, 4) is 0 Å². The molecule has 56 valence electrons. The number of hydrogen-bond acceptors (Lipinski definition) is 2. The van der Waals surface area contributed by atoms with Crippen LogP contribution in [0.15, 0.2) is 0 Å². The van der Waals surface area contributed by atoms with Gasteiger partial charge in [0.2, 0.25) is 5.91 Å². The molecule has 1 amide bonds. The maximum atomic E-state index is 11.1. The van der Waals surface area contributed by atoms with Crippen LogP contribution < -0.4 is 5.73 Å². The molecule has 10 heavy (non-hydrogen) atoms. The van der Waals surface area contributed by atoms with Crippen molar-refractivity contribution >= 4 is 5.91 Å². The minimum absolute atomic E-state index is 0.105. The van der Waals surface area contributed by atoms with Crippen LogP contribution in [0.2, 0.25) is 0 Å². The highest BCUT2D eigenvalue weighted by Gasteiger charge is 2.37. The summed E-state index contributed by atoms with van der Waals surface area (Å²) in [7, 11) is 0. The van der Waals surface area contributed by atoms with Crippen molar-refractivity contribution in [1.29, 1.82) is 0 Å². The van der Waals surface area contributed by atoms with Gasteiger partial charge in [-0.05, 0) is 12.8 Å². The largest absolute Gasteiger partial charge is 0.338 e. The average molecular weight is 140 g/mol. The van der Waals surface area contributed by atoms with Gasteiger partial charge < -0.3 is 10.6 Å². The van der Waals surface area contributed by atoms with E-state index in [1.54, 1.807) is 0 Å². The summed E-state index contributed by atoms with van der Waals surface area (Å²) in [5, 5.41) is 0. The Hall–Kier alpha value is -0.570. The number of nitrogens with two attached hydrogens (primary N) is 1. The highest BCUT2D eigenvalue weighted by Crippen LogP contribution is 2.29. The van der Waals surface area contributed by atoms with Gasteiger partial charge in [0.25, 0.3) is 0 Å². The van der Waals surface area contributed by atoms with Gasteiger partial charge in [-0.25, -0.2) is 0 Å². The molecule has 0 bridgehead atoms. The van der Waals surface area contributed by atoms with Gasteiger partial charge in [-0.1, -0.05) is 0 Å². The molecule has 1 aliphatic heterocycles. The van der Waals surface area contributed by atoms with E-state index in [1.807, 2.05) is 4.90 Å². The minimum Gasteiger partial charge on any atom is -0.338 e. The molecule has 1 heterocycles. The lowest BCUT2D eigenvalue weighted by Crippen LogP contribution is -2.29. The van der Waals surface area contributed by atoms with Crippen LogP contribution in [0.3, 0.4) is 0 Å². The molecule has 0 aromatic rings. The van der Waals surface area contributed by atoms with Crippen LogP contribution in [-0.2, 0) is 4.79 Å².